The molecular weight excluding hydrogens is 407 g/mol. The van der Waals surface area contributed by atoms with Crippen molar-refractivity contribution in [1.29, 1.82) is 0 Å². The van der Waals surface area contributed by atoms with Crippen LogP contribution in [0.4, 0.5) is 13.2 Å². The zero-order valence-electron chi connectivity index (χ0n) is 16.2. The highest BCUT2D eigenvalue weighted by Gasteiger charge is 2.27. The zero-order valence-corrected chi connectivity index (χ0v) is 17.0. The van der Waals surface area contributed by atoms with Gasteiger partial charge in [-0.1, -0.05) is 6.92 Å². The number of carbonyl (C=O) groups excluding carboxylic acids is 1. The molecule has 0 spiro atoms. The summed E-state index contributed by atoms with van der Waals surface area (Å²) < 4.78 is 40.3. The summed E-state index contributed by atoms with van der Waals surface area (Å²) in [5.74, 6) is 0.831. The summed E-state index contributed by atoms with van der Waals surface area (Å²) in [7, 11) is 0. The Kier molecular flexibility index (Phi) is 6.94. The molecule has 10 heteroatoms. The number of rotatable bonds is 8. The molecule has 29 heavy (non-hydrogen) atoms. The predicted octanol–water partition coefficient (Wildman–Crippen LogP) is 3.13. The second-order valence-corrected chi connectivity index (χ2v) is 8.50. The van der Waals surface area contributed by atoms with Crippen LogP contribution in [-0.4, -0.2) is 41.8 Å². The lowest BCUT2D eigenvalue weighted by molar-refractivity contribution is -0.174. The number of nitrogens with zero attached hydrogens (tertiary/aromatic N) is 1. The van der Waals surface area contributed by atoms with E-state index < -0.39 is 12.8 Å². The summed E-state index contributed by atoms with van der Waals surface area (Å²) in [6, 6.07) is 0. The lowest BCUT2D eigenvalue weighted by Crippen LogP contribution is -2.26. The normalized spacial score (nSPS) is 16.8. The van der Waals surface area contributed by atoms with Crippen LogP contribution in [0.25, 0.3) is 10.2 Å². The number of alkyl halides is 3. The van der Waals surface area contributed by atoms with Crippen molar-refractivity contribution >= 4 is 27.5 Å². The van der Waals surface area contributed by atoms with Crippen molar-refractivity contribution in [3.63, 3.8) is 0 Å². The maximum absolute atomic E-state index is 12.5. The number of carbonyl (C=O) groups is 1. The van der Waals surface area contributed by atoms with E-state index in [1.165, 1.54) is 4.88 Å². The van der Waals surface area contributed by atoms with Crippen molar-refractivity contribution in [2.45, 2.75) is 51.6 Å². The van der Waals surface area contributed by atoms with E-state index >= 15 is 0 Å². The molecule has 0 saturated carbocycles. The van der Waals surface area contributed by atoms with Crippen LogP contribution >= 0.6 is 11.3 Å². The van der Waals surface area contributed by atoms with Crippen molar-refractivity contribution < 1.29 is 22.7 Å². The Balaban J connectivity index is 1.48. The van der Waals surface area contributed by atoms with Gasteiger partial charge in [0.15, 0.2) is 0 Å². The molecule has 2 aromatic heterocycles. The molecule has 0 fully saturated rings. The van der Waals surface area contributed by atoms with Crippen LogP contribution in [0, 0.1) is 5.92 Å². The van der Waals surface area contributed by atoms with Gasteiger partial charge in [0, 0.05) is 30.9 Å². The van der Waals surface area contributed by atoms with Gasteiger partial charge in [0.2, 0.25) is 5.91 Å². The van der Waals surface area contributed by atoms with Gasteiger partial charge >= 0.3 is 6.18 Å². The number of amides is 1. The molecule has 1 aliphatic carbocycles. The highest BCUT2D eigenvalue weighted by molar-refractivity contribution is 7.18. The van der Waals surface area contributed by atoms with Gasteiger partial charge in [-0.3, -0.25) is 9.59 Å². The maximum atomic E-state index is 12.5. The molecule has 1 amide bonds. The van der Waals surface area contributed by atoms with E-state index in [9.17, 15) is 22.8 Å². The highest BCUT2D eigenvalue weighted by Crippen LogP contribution is 2.35. The van der Waals surface area contributed by atoms with E-state index in [4.69, 9.17) is 0 Å². The number of aromatic nitrogens is 2. The average molecular weight is 431 g/mol. The Bertz CT molecular complexity index is 923. The molecule has 6 nitrogen and oxygen atoms in total. The zero-order chi connectivity index (χ0) is 21.0. The van der Waals surface area contributed by atoms with Crippen molar-refractivity contribution in [3.8, 4) is 0 Å². The van der Waals surface area contributed by atoms with Gasteiger partial charge in [-0.15, -0.1) is 11.3 Å². The van der Waals surface area contributed by atoms with Crippen LogP contribution in [0.15, 0.2) is 4.79 Å². The van der Waals surface area contributed by atoms with E-state index in [1.54, 1.807) is 11.3 Å². The number of H-pyrrole nitrogens is 1. The Morgan fingerprint density at radius 1 is 1.41 bits per heavy atom. The first-order valence-electron chi connectivity index (χ1n) is 9.67. The summed E-state index contributed by atoms with van der Waals surface area (Å²) in [5.41, 5.74) is 0.966. The topological polar surface area (TPSA) is 84.1 Å². The maximum Gasteiger partial charge on any atom is 0.411 e. The smallest absolute Gasteiger partial charge is 0.372 e. The highest BCUT2D eigenvalue weighted by atomic mass is 32.1. The molecule has 0 radical (unpaired) electrons. The summed E-state index contributed by atoms with van der Waals surface area (Å²) in [6.45, 7) is 1.08. The minimum absolute atomic E-state index is 0.0764. The van der Waals surface area contributed by atoms with E-state index in [1.807, 2.05) is 0 Å². The monoisotopic (exact) mass is 431 g/mol. The van der Waals surface area contributed by atoms with Crippen LogP contribution in [0.5, 0.6) is 0 Å². The van der Waals surface area contributed by atoms with Gasteiger partial charge in [-0.05, 0) is 37.2 Å². The molecule has 160 valence electrons. The number of hydrogen-bond donors (Lipinski definition) is 2. The Hall–Kier alpha value is -1.94. The number of ether oxygens (including phenoxy) is 1. The fraction of sp³-hybridized carbons (Fsp3) is 0.632. The summed E-state index contributed by atoms with van der Waals surface area (Å²) in [6.07, 6.45) is -0.672. The van der Waals surface area contributed by atoms with E-state index in [0.717, 1.165) is 29.7 Å². The van der Waals surface area contributed by atoms with Crippen LogP contribution in [-0.2, 0) is 28.8 Å². The second kappa shape index (κ2) is 9.25. The molecule has 3 rings (SSSR count). The van der Waals surface area contributed by atoms with Gasteiger partial charge in [-0.2, -0.15) is 13.2 Å². The Labute approximate surface area is 169 Å². The SMILES string of the molecule is CC1CCc2c(sc3nc(CCC(=O)NCCCOCC(F)(F)F)[nH]c(=O)c23)C1. The standard InChI is InChI=1S/C19H24F3N3O3S/c1-11-3-4-12-13(9-11)29-18-16(12)17(27)24-14(25-18)5-6-15(26)23-7-2-8-28-10-19(20,21)22/h11H,2-10H2,1H3,(H,23,26)(H,24,25,27). The molecule has 2 N–H and O–H groups in total. The molecule has 0 aliphatic heterocycles. The van der Waals surface area contributed by atoms with Gasteiger partial charge in [0.05, 0.1) is 5.39 Å². The number of nitrogens with one attached hydrogen (secondary N) is 2. The van der Waals surface area contributed by atoms with Crippen molar-refractivity contribution in [2.75, 3.05) is 19.8 Å². The van der Waals surface area contributed by atoms with Crippen molar-refractivity contribution in [1.82, 2.24) is 15.3 Å². The molecule has 2 heterocycles. The molecular formula is C19H24F3N3O3S. The van der Waals surface area contributed by atoms with Gasteiger partial charge in [-0.25, -0.2) is 4.98 Å². The molecule has 1 atom stereocenters. The quantitative estimate of drug-likeness (QED) is 0.629. The van der Waals surface area contributed by atoms with E-state index in [2.05, 4.69) is 26.9 Å². The molecule has 1 aliphatic rings. The van der Waals surface area contributed by atoms with Gasteiger partial charge in [0.25, 0.3) is 5.56 Å². The lowest BCUT2D eigenvalue weighted by atomic mass is 9.89. The molecule has 2 aromatic rings. The summed E-state index contributed by atoms with van der Waals surface area (Å²) >= 11 is 1.56. The van der Waals surface area contributed by atoms with E-state index in [0.29, 0.717) is 30.0 Å². The summed E-state index contributed by atoms with van der Waals surface area (Å²) in [4.78, 5) is 33.7. The Morgan fingerprint density at radius 3 is 2.97 bits per heavy atom. The predicted molar refractivity (Wildman–Crippen MR) is 104 cm³/mol. The van der Waals surface area contributed by atoms with Crippen LogP contribution < -0.4 is 10.9 Å². The minimum Gasteiger partial charge on any atom is -0.372 e. The largest absolute Gasteiger partial charge is 0.411 e. The fourth-order valence-corrected chi connectivity index (χ4v) is 4.82. The van der Waals surface area contributed by atoms with Crippen LogP contribution in [0.3, 0.4) is 0 Å². The van der Waals surface area contributed by atoms with Crippen molar-refractivity contribution in [3.05, 3.63) is 26.6 Å². The number of hydrogen-bond acceptors (Lipinski definition) is 5. The molecule has 0 aromatic carbocycles. The summed E-state index contributed by atoms with van der Waals surface area (Å²) in [5, 5.41) is 3.31. The first-order chi connectivity index (χ1) is 13.7. The number of halogens is 3. The first kappa shape index (κ1) is 21.8. The average Bonchev–Trinajstić information content (AvgIpc) is 2.99. The number of thiophene rings is 1. The molecule has 1 unspecified atom stereocenters. The van der Waals surface area contributed by atoms with Crippen molar-refractivity contribution in [2.24, 2.45) is 5.92 Å². The minimum atomic E-state index is -4.34. The van der Waals surface area contributed by atoms with E-state index in [-0.39, 0.29) is 31.0 Å². The van der Waals surface area contributed by atoms with Gasteiger partial charge < -0.3 is 15.0 Å². The lowest BCUT2D eigenvalue weighted by Gasteiger charge is -2.17. The van der Waals surface area contributed by atoms with Gasteiger partial charge in [0.1, 0.15) is 17.3 Å². The van der Waals surface area contributed by atoms with Crippen LogP contribution in [0.1, 0.15) is 42.5 Å². The first-order valence-corrected chi connectivity index (χ1v) is 10.5. The Morgan fingerprint density at radius 2 is 2.21 bits per heavy atom. The van der Waals surface area contributed by atoms with Crippen LogP contribution in [0.2, 0.25) is 0 Å². The third-order valence-corrected chi connectivity index (χ3v) is 6.00. The second-order valence-electron chi connectivity index (χ2n) is 7.42. The third kappa shape index (κ3) is 6.02. The molecule has 0 saturated heterocycles. The molecule has 0 bridgehead atoms. The number of fused-ring (bicyclic) bond motifs is 3. The number of aryl methyl sites for hydroxylation is 2. The fourth-order valence-electron chi connectivity index (χ4n) is 3.42. The third-order valence-electron chi connectivity index (χ3n) is 4.86. The number of aromatic amines is 1.